The molecule has 0 aliphatic heterocycles. The summed E-state index contributed by atoms with van der Waals surface area (Å²) in [4.78, 5) is 11.9. The van der Waals surface area contributed by atoms with Crippen LogP contribution in [-0.2, 0) is 39.3 Å². The molecular weight excluding hydrogens is 396 g/mol. The van der Waals surface area contributed by atoms with Crippen molar-refractivity contribution in [3.63, 3.8) is 0 Å². The monoisotopic (exact) mass is 405 g/mol. The second kappa shape index (κ2) is 7.82. The molecule has 0 amide bonds. The number of pyridine rings is 1. The van der Waals surface area contributed by atoms with Crippen LogP contribution in [0.1, 0.15) is 5.56 Å². The topological polar surface area (TPSA) is 22.0 Å². The van der Waals surface area contributed by atoms with Crippen molar-refractivity contribution in [3.05, 3.63) is 56.3 Å². The zero-order valence-corrected chi connectivity index (χ0v) is 15.4. The minimum atomic E-state index is -2.66. The van der Waals surface area contributed by atoms with Gasteiger partial charge in [0.15, 0.2) is 0 Å². The summed E-state index contributed by atoms with van der Waals surface area (Å²) < 4.78 is 26.2. The second-order valence-corrected chi connectivity index (χ2v) is 5.09. The van der Waals surface area contributed by atoms with E-state index in [1.165, 1.54) is 6.07 Å². The van der Waals surface area contributed by atoms with Gasteiger partial charge < -0.3 is 4.57 Å². The summed E-state index contributed by atoms with van der Waals surface area (Å²) in [7, 11) is 0. The van der Waals surface area contributed by atoms with Crippen molar-refractivity contribution in [1.82, 2.24) is 4.57 Å². The van der Waals surface area contributed by atoms with E-state index in [0.29, 0.717) is 10.6 Å². The Morgan fingerprint density at radius 3 is 2.57 bits per heavy atom. The summed E-state index contributed by atoms with van der Waals surface area (Å²) in [5, 5.41) is 0.393. The Labute approximate surface area is 155 Å². The SMILES string of the molecule is Cc1cc(Cl)ccc1-c1[c-]cc(Cl)c(=O)n1CC(F)F.[Y]. The minimum absolute atomic E-state index is 0. The smallest absolute Gasteiger partial charge is 0.256 e. The third kappa shape index (κ3) is 4.35. The van der Waals surface area contributed by atoms with Crippen molar-refractivity contribution in [2.24, 2.45) is 0 Å². The van der Waals surface area contributed by atoms with Gasteiger partial charge in [-0.25, -0.2) is 8.78 Å². The molecule has 1 radical (unpaired) electrons. The first-order valence-electron chi connectivity index (χ1n) is 5.76. The normalized spacial score (nSPS) is 10.6. The van der Waals surface area contributed by atoms with Crippen LogP contribution in [0.15, 0.2) is 29.1 Å². The van der Waals surface area contributed by atoms with Crippen LogP contribution in [0.4, 0.5) is 8.78 Å². The van der Waals surface area contributed by atoms with Gasteiger partial charge in [0.25, 0.3) is 6.43 Å². The van der Waals surface area contributed by atoms with Gasteiger partial charge in [-0.05, 0) is 0 Å². The molecule has 0 bridgehead atoms. The van der Waals surface area contributed by atoms with E-state index >= 15 is 0 Å². The molecule has 0 fully saturated rings. The molecule has 0 spiro atoms. The number of aryl methyl sites for hydroxylation is 1. The van der Waals surface area contributed by atoms with Gasteiger partial charge in [0.2, 0.25) is 5.56 Å². The van der Waals surface area contributed by atoms with E-state index in [4.69, 9.17) is 23.2 Å². The zero-order chi connectivity index (χ0) is 14.9. The number of aromatic nitrogens is 1. The molecule has 0 N–H and O–H groups in total. The molecule has 0 atom stereocenters. The Balaban J connectivity index is 0.00000220. The van der Waals surface area contributed by atoms with Gasteiger partial charge in [-0.2, -0.15) is 23.7 Å². The largest absolute Gasteiger partial charge is 0.335 e. The van der Waals surface area contributed by atoms with Gasteiger partial charge in [0.05, 0.1) is 6.54 Å². The molecule has 2 aromatic rings. The molecule has 7 heteroatoms. The predicted octanol–water partition coefficient (Wildman–Crippen LogP) is 4.19. The van der Waals surface area contributed by atoms with Gasteiger partial charge in [0, 0.05) is 42.8 Å². The van der Waals surface area contributed by atoms with Crippen molar-refractivity contribution < 1.29 is 41.5 Å². The van der Waals surface area contributed by atoms with Crippen LogP contribution in [0.25, 0.3) is 11.3 Å². The van der Waals surface area contributed by atoms with Crippen LogP contribution in [0.2, 0.25) is 10.0 Å². The number of rotatable bonds is 3. The van der Waals surface area contributed by atoms with E-state index in [-0.39, 0.29) is 43.4 Å². The zero-order valence-electron chi connectivity index (χ0n) is 11.0. The fourth-order valence-electron chi connectivity index (χ4n) is 1.93. The van der Waals surface area contributed by atoms with Crippen LogP contribution >= 0.6 is 23.2 Å². The van der Waals surface area contributed by atoms with Gasteiger partial charge in [-0.1, -0.05) is 47.5 Å². The van der Waals surface area contributed by atoms with Crippen molar-refractivity contribution >= 4 is 23.2 Å². The third-order valence-corrected chi connectivity index (χ3v) is 3.33. The number of hydrogen-bond donors (Lipinski definition) is 0. The Hall–Kier alpha value is -0.286. The number of nitrogens with zero attached hydrogens (tertiary/aromatic N) is 1. The fourth-order valence-corrected chi connectivity index (χ4v) is 2.31. The van der Waals surface area contributed by atoms with Crippen molar-refractivity contribution in [1.29, 1.82) is 0 Å². The maximum atomic E-state index is 12.7. The predicted molar refractivity (Wildman–Crippen MR) is 75.7 cm³/mol. The van der Waals surface area contributed by atoms with Crippen LogP contribution < -0.4 is 5.56 Å². The Morgan fingerprint density at radius 2 is 2.00 bits per heavy atom. The quantitative estimate of drug-likeness (QED) is 0.701. The molecule has 0 aliphatic carbocycles. The molecule has 1 aromatic heterocycles. The van der Waals surface area contributed by atoms with Crippen molar-refractivity contribution in [2.45, 2.75) is 19.9 Å². The molecule has 1 heterocycles. The minimum Gasteiger partial charge on any atom is -0.335 e. The third-order valence-electron chi connectivity index (χ3n) is 2.82. The average Bonchev–Trinajstić information content (AvgIpc) is 2.36. The maximum absolute atomic E-state index is 12.7. The Kier molecular flexibility index (Phi) is 6.99. The standard InChI is InChI=1S/C14H10Cl2F2NO.Y/c1-8-6-9(15)2-3-10(8)12-5-4-11(16)14(20)19(12)7-13(17)18;/h2-4,6,13H,7H2,1H3;/q-1;. The van der Waals surface area contributed by atoms with Crippen molar-refractivity contribution in [2.75, 3.05) is 0 Å². The molecule has 21 heavy (non-hydrogen) atoms. The van der Waals surface area contributed by atoms with Gasteiger partial charge in [0.1, 0.15) is 0 Å². The second-order valence-electron chi connectivity index (χ2n) is 4.25. The summed E-state index contributed by atoms with van der Waals surface area (Å²) in [6.07, 6.45) is -2.66. The molecule has 2 nitrogen and oxygen atoms in total. The van der Waals surface area contributed by atoms with Crippen LogP contribution in [0.5, 0.6) is 0 Å². The first-order chi connectivity index (χ1) is 9.40. The summed E-state index contributed by atoms with van der Waals surface area (Å²) in [5.74, 6) is 0. The maximum Gasteiger partial charge on any atom is 0.256 e. The summed E-state index contributed by atoms with van der Waals surface area (Å²) in [6.45, 7) is 1.05. The molecule has 109 valence electrons. The molecule has 2 rings (SSSR count). The van der Waals surface area contributed by atoms with E-state index in [9.17, 15) is 13.6 Å². The molecule has 0 unspecified atom stereocenters. The van der Waals surface area contributed by atoms with Gasteiger partial charge in [-0.15, -0.1) is 6.07 Å². The van der Waals surface area contributed by atoms with Crippen LogP contribution in [0.3, 0.4) is 0 Å². The fraction of sp³-hybridized carbons (Fsp3) is 0.214. The molecule has 0 aliphatic rings. The average molecular weight is 406 g/mol. The van der Waals surface area contributed by atoms with E-state index in [0.717, 1.165) is 10.1 Å². The summed E-state index contributed by atoms with van der Waals surface area (Å²) in [6, 6.07) is 9.05. The Bertz CT molecular complexity index is 704. The number of hydrogen-bond acceptors (Lipinski definition) is 1. The first kappa shape index (κ1) is 18.8. The molecule has 1 aromatic carbocycles. The number of halogens is 4. The van der Waals surface area contributed by atoms with E-state index in [1.807, 2.05) is 0 Å². The number of benzene rings is 1. The van der Waals surface area contributed by atoms with Crippen LogP contribution in [0, 0.1) is 13.0 Å². The van der Waals surface area contributed by atoms with Crippen LogP contribution in [-0.4, -0.2) is 11.0 Å². The van der Waals surface area contributed by atoms with Gasteiger partial charge >= 0.3 is 0 Å². The summed E-state index contributed by atoms with van der Waals surface area (Å²) >= 11 is 11.6. The van der Waals surface area contributed by atoms with E-state index in [2.05, 4.69) is 6.07 Å². The van der Waals surface area contributed by atoms with E-state index in [1.54, 1.807) is 25.1 Å². The number of alkyl halides is 2. The molecule has 0 saturated heterocycles. The summed E-state index contributed by atoms with van der Waals surface area (Å²) in [5.41, 5.74) is 0.992. The first-order valence-corrected chi connectivity index (χ1v) is 6.51. The van der Waals surface area contributed by atoms with E-state index < -0.39 is 18.5 Å². The molecular formula is C14H10Cl2F2NOY-. The van der Waals surface area contributed by atoms with Gasteiger partial charge in [-0.3, -0.25) is 4.79 Å². The molecule has 0 saturated carbocycles. The Morgan fingerprint density at radius 1 is 1.33 bits per heavy atom. The van der Waals surface area contributed by atoms with Crippen molar-refractivity contribution in [3.8, 4) is 11.3 Å².